The SMILES string of the molecule is CCOC(=O)CCCc1sc(N)[nH+]c1-c1[nH]c(=O)[nH]c1C. The van der Waals surface area contributed by atoms with E-state index in [9.17, 15) is 9.59 Å². The third-order valence-electron chi connectivity index (χ3n) is 3.01. The van der Waals surface area contributed by atoms with Gasteiger partial charge >= 0.3 is 16.8 Å². The molecule has 2 heterocycles. The predicted octanol–water partition coefficient (Wildman–Crippen LogP) is 1.02. The van der Waals surface area contributed by atoms with Crippen molar-refractivity contribution < 1.29 is 14.5 Å². The molecule has 5 N–H and O–H groups in total. The second-order valence-corrected chi connectivity index (χ2v) is 5.76. The van der Waals surface area contributed by atoms with Crippen molar-refractivity contribution in [2.24, 2.45) is 0 Å². The number of rotatable bonds is 6. The molecule has 0 saturated heterocycles. The zero-order chi connectivity index (χ0) is 15.4. The van der Waals surface area contributed by atoms with Gasteiger partial charge < -0.3 is 14.7 Å². The van der Waals surface area contributed by atoms with Crippen LogP contribution in [0.1, 0.15) is 30.3 Å². The monoisotopic (exact) mass is 311 g/mol. The van der Waals surface area contributed by atoms with Crippen LogP contribution in [0.5, 0.6) is 0 Å². The first-order chi connectivity index (χ1) is 10.0. The molecule has 2 aromatic rings. The van der Waals surface area contributed by atoms with Gasteiger partial charge in [-0.2, -0.15) is 0 Å². The van der Waals surface area contributed by atoms with Gasteiger partial charge in [0.1, 0.15) is 5.69 Å². The highest BCUT2D eigenvalue weighted by Gasteiger charge is 2.19. The molecule has 0 amide bonds. The van der Waals surface area contributed by atoms with E-state index in [2.05, 4.69) is 15.0 Å². The van der Waals surface area contributed by atoms with Gasteiger partial charge in [0.25, 0.3) is 0 Å². The van der Waals surface area contributed by atoms with Crippen molar-refractivity contribution in [1.82, 2.24) is 9.97 Å². The van der Waals surface area contributed by atoms with Gasteiger partial charge in [0, 0.05) is 12.1 Å². The molecule has 0 bridgehead atoms. The van der Waals surface area contributed by atoms with Crippen molar-refractivity contribution in [3.63, 3.8) is 0 Å². The summed E-state index contributed by atoms with van der Waals surface area (Å²) in [6, 6.07) is 0. The first-order valence-electron chi connectivity index (χ1n) is 6.76. The van der Waals surface area contributed by atoms with Gasteiger partial charge in [-0.1, -0.05) is 11.3 Å². The van der Waals surface area contributed by atoms with Crippen LogP contribution in [0.25, 0.3) is 11.4 Å². The van der Waals surface area contributed by atoms with Crippen LogP contribution in [0.2, 0.25) is 0 Å². The van der Waals surface area contributed by atoms with Crippen LogP contribution in [0.15, 0.2) is 4.79 Å². The standard InChI is InChI=1S/C13H18N4O3S/c1-3-20-9(18)6-4-5-8-11(16-12(14)21-8)10-7(2)15-13(19)17-10/h3-6H2,1-2H3,(H2,14,16)(H2,15,17,19)/p+1. The smallest absolute Gasteiger partial charge is 0.330 e. The number of aryl methyl sites for hydroxylation is 2. The zero-order valence-electron chi connectivity index (χ0n) is 12.0. The Labute approximate surface area is 125 Å². The summed E-state index contributed by atoms with van der Waals surface area (Å²) in [5.41, 5.74) is 7.83. The normalized spacial score (nSPS) is 10.8. The molecular formula is C13H19N4O3S+. The maximum Gasteiger partial charge on any atom is 0.330 e. The molecule has 0 aromatic carbocycles. The topological polar surface area (TPSA) is 115 Å². The summed E-state index contributed by atoms with van der Waals surface area (Å²) in [5.74, 6) is -0.196. The Morgan fingerprint density at radius 1 is 1.43 bits per heavy atom. The van der Waals surface area contributed by atoms with Crippen LogP contribution in [-0.2, 0) is 16.0 Å². The number of nitrogens with two attached hydrogens (primary N) is 1. The van der Waals surface area contributed by atoms with E-state index in [1.165, 1.54) is 11.3 Å². The molecule has 21 heavy (non-hydrogen) atoms. The number of hydrogen-bond acceptors (Lipinski definition) is 5. The largest absolute Gasteiger partial charge is 0.466 e. The summed E-state index contributed by atoms with van der Waals surface area (Å²) >= 11 is 1.43. The first kappa shape index (κ1) is 15.3. The van der Waals surface area contributed by atoms with Crippen LogP contribution in [0.4, 0.5) is 5.13 Å². The van der Waals surface area contributed by atoms with Gasteiger partial charge in [-0.05, 0) is 26.7 Å². The lowest BCUT2D eigenvalue weighted by molar-refractivity contribution is -0.341. The van der Waals surface area contributed by atoms with Crippen LogP contribution in [-0.4, -0.2) is 22.5 Å². The van der Waals surface area contributed by atoms with Gasteiger partial charge in [-0.3, -0.25) is 10.5 Å². The molecule has 0 aliphatic carbocycles. The minimum Gasteiger partial charge on any atom is -0.466 e. The molecule has 7 nitrogen and oxygen atoms in total. The number of nitrogen functional groups attached to an aromatic ring is 1. The number of H-pyrrole nitrogens is 3. The molecule has 0 aliphatic heterocycles. The molecule has 0 radical (unpaired) electrons. The number of nitrogens with one attached hydrogen (secondary N) is 3. The van der Waals surface area contributed by atoms with E-state index in [-0.39, 0.29) is 11.7 Å². The Balaban J connectivity index is 2.12. The third-order valence-corrected chi connectivity index (χ3v) is 3.99. The van der Waals surface area contributed by atoms with Crippen LogP contribution < -0.4 is 16.4 Å². The number of carbonyl (C=O) groups excluding carboxylic acids is 1. The van der Waals surface area contributed by atoms with Crippen LogP contribution in [0, 0.1) is 6.92 Å². The molecule has 0 spiro atoms. The molecule has 114 valence electrons. The Kier molecular flexibility index (Phi) is 4.79. The Morgan fingerprint density at radius 3 is 2.81 bits per heavy atom. The number of ether oxygens (including phenoxy) is 1. The molecule has 0 unspecified atom stereocenters. The number of aromatic amines is 3. The van der Waals surface area contributed by atoms with E-state index in [1.54, 1.807) is 6.92 Å². The second kappa shape index (κ2) is 6.57. The third kappa shape index (κ3) is 3.72. The Hall–Kier alpha value is -2.09. The molecule has 2 rings (SSSR count). The number of anilines is 1. The number of hydrogen-bond donors (Lipinski definition) is 3. The zero-order valence-corrected chi connectivity index (χ0v) is 12.9. The summed E-state index contributed by atoms with van der Waals surface area (Å²) in [5, 5.41) is 0.567. The number of imidazole rings is 1. The van der Waals surface area contributed by atoms with Gasteiger partial charge in [0.05, 0.1) is 11.5 Å². The number of esters is 1. The van der Waals surface area contributed by atoms with E-state index < -0.39 is 0 Å². The lowest BCUT2D eigenvalue weighted by Gasteiger charge is -2.01. The summed E-state index contributed by atoms with van der Waals surface area (Å²) in [6.07, 6.45) is 1.74. The summed E-state index contributed by atoms with van der Waals surface area (Å²) < 4.78 is 4.90. The first-order valence-corrected chi connectivity index (χ1v) is 7.58. The van der Waals surface area contributed by atoms with Crippen LogP contribution in [0.3, 0.4) is 0 Å². The quantitative estimate of drug-likeness (QED) is 0.691. The molecule has 8 heteroatoms. The summed E-state index contributed by atoms with van der Waals surface area (Å²) in [4.78, 5) is 32.2. The minimum atomic E-state index is -0.252. The van der Waals surface area contributed by atoms with Gasteiger partial charge in [0.15, 0.2) is 5.69 Å². The van der Waals surface area contributed by atoms with E-state index in [4.69, 9.17) is 10.5 Å². The average Bonchev–Trinajstić information content (AvgIpc) is 2.92. The second-order valence-electron chi connectivity index (χ2n) is 4.63. The predicted molar refractivity (Wildman–Crippen MR) is 80.0 cm³/mol. The van der Waals surface area contributed by atoms with Crippen molar-refractivity contribution in [3.8, 4) is 11.4 Å². The Bertz CT molecular complexity index is 686. The van der Waals surface area contributed by atoms with Gasteiger partial charge in [-0.25, -0.2) is 9.78 Å². The highest BCUT2D eigenvalue weighted by molar-refractivity contribution is 7.15. The molecular weight excluding hydrogens is 292 g/mol. The molecule has 0 saturated carbocycles. The fourth-order valence-electron chi connectivity index (χ4n) is 2.13. The lowest BCUT2D eigenvalue weighted by Crippen LogP contribution is -2.10. The van der Waals surface area contributed by atoms with Crippen LogP contribution >= 0.6 is 11.3 Å². The van der Waals surface area contributed by atoms with Gasteiger partial charge in [-0.15, -0.1) is 0 Å². The highest BCUT2D eigenvalue weighted by Crippen LogP contribution is 2.27. The molecule has 0 atom stereocenters. The maximum absolute atomic E-state index is 11.4. The molecule has 0 fully saturated rings. The fraction of sp³-hybridized carbons (Fsp3) is 0.462. The minimum absolute atomic E-state index is 0.196. The van der Waals surface area contributed by atoms with Crippen molar-refractivity contribution in [2.45, 2.75) is 33.1 Å². The van der Waals surface area contributed by atoms with E-state index in [0.717, 1.165) is 16.3 Å². The molecule has 0 aliphatic rings. The van der Waals surface area contributed by atoms with Crippen molar-refractivity contribution in [3.05, 3.63) is 21.1 Å². The summed E-state index contributed by atoms with van der Waals surface area (Å²) in [7, 11) is 0. The average molecular weight is 311 g/mol. The highest BCUT2D eigenvalue weighted by atomic mass is 32.1. The van der Waals surface area contributed by atoms with Crippen molar-refractivity contribution >= 4 is 22.4 Å². The van der Waals surface area contributed by atoms with E-state index in [0.29, 0.717) is 36.7 Å². The summed E-state index contributed by atoms with van der Waals surface area (Å²) in [6.45, 7) is 4.00. The van der Waals surface area contributed by atoms with Crippen molar-refractivity contribution in [1.29, 1.82) is 0 Å². The van der Waals surface area contributed by atoms with E-state index in [1.807, 2.05) is 6.92 Å². The van der Waals surface area contributed by atoms with Gasteiger partial charge in [0.2, 0.25) is 0 Å². The van der Waals surface area contributed by atoms with E-state index >= 15 is 0 Å². The number of carbonyl (C=O) groups is 1. The van der Waals surface area contributed by atoms with Crippen molar-refractivity contribution in [2.75, 3.05) is 12.3 Å². The lowest BCUT2D eigenvalue weighted by atomic mass is 10.1. The maximum atomic E-state index is 11.4. The molecule has 2 aromatic heterocycles. The fourth-order valence-corrected chi connectivity index (χ4v) is 3.05. The number of aromatic nitrogens is 3. The number of thiazole rings is 1. The Morgan fingerprint density at radius 2 is 2.19 bits per heavy atom.